The highest BCUT2D eigenvalue weighted by atomic mass is 35.5. The number of carbonyl (C=O) groups excluding carboxylic acids is 3. The maximum atomic E-state index is 12.7. The van der Waals surface area contributed by atoms with Gasteiger partial charge in [0.05, 0.1) is 24.1 Å². The van der Waals surface area contributed by atoms with Crippen LogP contribution in [-0.4, -0.2) is 29.1 Å². The molecule has 0 aliphatic carbocycles. The predicted octanol–water partition coefficient (Wildman–Crippen LogP) is 5.62. The molecule has 31 heavy (non-hydrogen) atoms. The number of imide groups is 1. The first kappa shape index (κ1) is 21.0. The van der Waals surface area contributed by atoms with Crippen molar-refractivity contribution in [2.75, 3.05) is 7.11 Å². The number of methoxy groups -OCH3 is 1. The van der Waals surface area contributed by atoms with Gasteiger partial charge in [-0.3, -0.25) is 14.5 Å². The van der Waals surface area contributed by atoms with E-state index < -0.39 is 11.9 Å². The van der Waals surface area contributed by atoms with Gasteiger partial charge in [-0.1, -0.05) is 41.9 Å². The van der Waals surface area contributed by atoms with E-state index in [0.29, 0.717) is 27.7 Å². The molecule has 0 bridgehead atoms. The SMILES string of the molecule is COC(=O)c1ccc(-c2ccc(/C=C3/SC(=O)N(Cc4ccccc4Cl)C3=O)o2)cc1. The Morgan fingerprint density at radius 3 is 2.55 bits per heavy atom. The average molecular weight is 454 g/mol. The van der Waals surface area contributed by atoms with Gasteiger partial charge in [0.15, 0.2) is 0 Å². The lowest BCUT2D eigenvalue weighted by molar-refractivity contribution is -0.123. The minimum absolute atomic E-state index is 0.109. The van der Waals surface area contributed by atoms with Gasteiger partial charge in [0.25, 0.3) is 11.1 Å². The monoisotopic (exact) mass is 453 g/mol. The van der Waals surface area contributed by atoms with Crippen molar-refractivity contribution in [1.29, 1.82) is 0 Å². The molecule has 0 saturated carbocycles. The molecule has 0 N–H and O–H groups in total. The van der Waals surface area contributed by atoms with Crippen LogP contribution in [0.1, 0.15) is 21.7 Å². The molecule has 1 aromatic heterocycles. The summed E-state index contributed by atoms with van der Waals surface area (Å²) in [7, 11) is 1.32. The van der Waals surface area contributed by atoms with Crippen molar-refractivity contribution in [3.8, 4) is 11.3 Å². The smallest absolute Gasteiger partial charge is 0.337 e. The second kappa shape index (κ2) is 8.83. The van der Waals surface area contributed by atoms with Gasteiger partial charge in [0.1, 0.15) is 11.5 Å². The Morgan fingerprint density at radius 1 is 1.10 bits per heavy atom. The molecule has 1 aliphatic heterocycles. The third-order valence-corrected chi connectivity index (χ3v) is 5.93. The molecule has 1 fully saturated rings. The summed E-state index contributed by atoms with van der Waals surface area (Å²) in [5, 5.41) is 0.140. The number of carbonyl (C=O) groups is 3. The van der Waals surface area contributed by atoms with Crippen LogP contribution in [0.3, 0.4) is 0 Å². The van der Waals surface area contributed by atoms with E-state index in [1.54, 1.807) is 66.7 Å². The molecule has 156 valence electrons. The van der Waals surface area contributed by atoms with Gasteiger partial charge in [-0.2, -0.15) is 0 Å². The van der Waals surface area contributed by atoms with Crippen LogP contribution in [-0.2, 0) is 16.1 Å². The normalized spacial score (nSPS) is 15.0. The molecule has 8 heteroatoms. The van der Waals surface area contributed by atoms with Crippen molar-refractivity contribution in [1.82, 2.24) is 4.90 Å². The van der Waals surface area contributed by atoms with Gasteiger partial charge in [-0.25, -0.2) is 4.79 Å². The summed E-state index contributed by atoms with van der Waals surface area (Å²) in [4.78, 5) is 38.1. The van der Waals surface area contributed by atoms with Crippen molar-refractivity contribution in [2.45, 2.75) is 6.54 Å². The summed E-state index contributed by atoms with van der Waals surface area (Å²) >= 11 is 7.01. The van der Waals surface area contributed by atoms with Crippen LogP contribution < -0.4 is 0 Å². The number of thioether (sulfide) groups is 1. The maximum absolute atomic E-state index is 12.7. The molecule has 1 aliphatic rings. The van der Waals surface area contributed by atoms with E-state index in [-0.39, 0.29) is 16.7 Å². The van der Waals surface area contributed by atoms with E-state index in [4.69, 9.17) is 16.0 Å². The van der Waals surface area contributed by atoms with E-state index in [1.807, 2.05) is 0 Å². The quantitative estimate of drug-likeness (QED) is 0.368. The molecule has 0 spiro atoms. The van der Waals surface area contributed by atoms with Gasteiger partial charge >= 0.3 is 5.97 Å². The molecule has 1 saturated heterocycles. The van der Waals surface area contributed by atoms with Crippen LogP contribution in [0.5, 0.6) is 0 Å². The predicted molar refractivity (Wildman–Crippen MR) is 118 cm³/mol. The van der Waals surface area contributed by atoms with E-state index in [2.05, 4.69) is 4.74 Å². The van der Waals surface area contributed by atoms with Gasteiger partial charge in [0.2, 0.25) is 0 Å². The lowest BCUT2D eigenvalue weighted by atomic mass is 10.1. The topological polar surface area (TPSA) is 76.8 Å². The van der Waals surface area contributed by atoms with Crippen LogP contribution in [0.25, 0.3) is 17.4 Å². The van der Waals surface area contributed by atoms with Crippen LogP contribution in [0, 0.1) is 0 Å². The molecule has 3 aromatic rings. The largest absolute Gasteiger partial charge is 0.465 e. The number of hydrogen-bond donors (Lipinski definition) is 0. The van der Waals surface area contributed by atoms with E-state index in [0.717, 1.165) is 22.2 Å². The Kier molecular flexibility index (Phi) is 5.97. The van der Waals surface area contributed by atoms with Crippen LogP contribution in [0.15, 0.2) is 70.0 Å². The number of rotatable bonds is 5. The molecule has 2 aromatic carbocycles. The van der Waals surface area contributed by atoms with E-state index >= 15 is 0 Å². The zero-order chi connectivity index (χ0) is 22.0. The maximum Gasteiger partial charge on any atom is 0.337 e. The van der Waals surface area contributed by atoms with Crippen molar-refractivity contribution in [3.05, 3.63) is 87.5 Å². The minimum atomic E-state index is -0.417. The average Bonchev–Trinajstić information content (AvgIpc) is 3.35. The molecule has 0 atom stereocenters. The number of hydrogen-bond acceptors (Lipinski definition) is 6. The number of amides is 2. The molecular formula is C23H16ClNO5S. The van der Waals surface area contributed by atoms with Gasteiger partial charge in [-0.15, -0.1) is 0 Å². The Morgan fingerprint density at radius 2 is 1.84 bits per heavy atom. The fraction of sp³-hybridized carbons (Fsp3) is 0.0870. The van der Waals surface area contributed by atoms with Gasteiger partial charge in [-0.05, 0) is 47.7 Å². The Bertz CT molecular complexity index is 1200. The number of esters is 1. The highest BCUT2D eigenvalue weighted by Crippen LogP contribution is 2.35. The second-order valence-electron chi connectivity index (χ2n) is 6.63. The van der Waals surface area contributed by atoms with Crippen molar-refractivity contribution < 1.29 is 23.5 Å². The third kappa shape index (κ3) is 4.42. The second-order valence-corrected chi connectivity index (χ2v) is 8.03. The Balaban J connectivity index is 1.51. The third-order valence-electron chi connectivity index (χ3n) is 4.65. The highest BCUT2D eigenvalue weighted by Gasteiger charge is 2.35. The van der Waals surface area contributed by atoms with Gasteiger partial charge in [0, 0.05) is 16.7 Å². The lowest BCUT2D eigenvalue weighted by Crippen LogP contribution is -2.27. The Labute approximate surface area is 187 Å². The Hall–Kier alpha value is -3.29. The zero-order valence-electron chi connectivity index (χ0n) is 16.3. The van der Waals surface area contributed by atoms with Crippen molar-refractivity contribution >= 4 is 46.6 Å². The number of nitrogens with zero attached hydrogens (tertiary/aromatic N) is 1. The molecule has 2 amide bonds. The molecule has 6 nitrogen and oxygen atoms in total. The summed E-state index contributed by atoms with van der Waals surface area (Å²) in [5.74, 6) is 0.197. The molecule has 4 rings (SSSR count). The first-order valence-corrected chi connectivity index (χ1v) is 10.4. The lowest BCUT2D eigenvalue weighted by Gasteiger charge is -2.13. The fourth-order valence-corrected chi connectivity index (χ4v) is 4.05. The van der Waals surface area contributed by atoms with Crippen molar-refractivity contribution in [2.24, 2.45) is 0 Å². The first-order valence-electron chi connectivity index (χ1n) is 9.23. The molecular weight excluding hydrogens is 438 g/mol. The van der Waals surface area contributed by atoms with Gasteiger partial charge < -0.3 is 9.15 Å². The summed E-state index contributed by atoms with van der Waals surface area (Å²) in [5.41, 5.74) is 1.90. The van der Waals surface area contributed by atoms with Crippen LogP contribution in [0.2, 0.25) is 5.02 Å². The summed E-state index contributed by atoms with van der Waals surface area (Å²) in [6, 6.07) is 17.3. The molecule has 0 radical (unpaired) electrons. The first-order chi connectivity index (χ1) is 15.0. The van der Waals surface area contributed by atoms with E-state index in [1.165, 1.54) is 7.11 Å². The summed E-state index contributed by atoms with van der Waals surface area (Å²) in [6.45, 7) is 0.109. The van der Waals surface area contributed by atoms with Crippen molar-refractivity contribution in [3.63, 3.8) is 0 Å². The zero-order valence-corrected chi connectivity index (χ0v) is 17.9. The number of ether oxygens (including phenoxy) is 1. The number of halogens is 1. The highest BCUT2D eigenvalue weighted by molar-refractivity contribution is 8.18. The summed E-state index contributed by atoms with van der Waals surface area (Å²) in [6.07, 6.45) is 1.55. The molecule has 0 unspecified atom stereocenters. The minimum Gasteiger partial charge on any atom is -0.465 e. The van der Waals surface area contributed by atoms with E-state index in [9.17, 15) is 14.4 Å². The van der Waals surface area contributed by atoms with Crippen LogP contribution >= 0.6 is 23.4 Å². The van der Waals surface area contributed by atoms with Crippen LogP contribution in [0.4, 0.5) is 4.79 Å². The number of benzene rings is 2. The standard InChI is InChI=1S/C23H16ClNO5S/c1-29-22(27)15-8-6-14(7-9-15)19-11-10-17(30-19)12-20-21(26)25(23(28)31-20)13-16-4-2-3-5-18(16)24/h2-12H,13H2,1H3/b20-12+. The summed E-state index contributed by atoms with van der Waals surface area (Å²) < 4.78 is 10.5. The fourth-order valence-electron chi connectivity index (χ4n) is 3.04. The molecule has 2 heterocycles. The number of furan rings is 1.